The lowest BCUT2D eigenvalue weighted by Gasteiger charge is -2.28. The van der Waals surface area contributed by atoms with E-state index in [1.165, 1.54) is 23.2 Å². The van der Waals surface area contributed by atoms with E-state index in [1.807, 2.05) is 0 Å². The molecule has 1 aliphatic rings. The zero-order valence-electron chi connectivity index (χ0n) is 13.5. The van der Waals surface area contributed by atoms with E-state index in [2.05, 4.69) is 15.3 Å². The number of aliphatic hydroxyl groups is 1. The number of benzene rings is 1. The Hall–Kier alpha value is -2.00. The van der Waals surface area contributed by atoms with Gasteiger partial charge in [0.2, 0.25) is 5.28 Å². The molecule has 0 unspecified atom stereocenters. The fourth-order valence-corrected chi connectivity index (χ4v) is 2.90. The molecular weight excluding hydrogens is 386 g/mol. The minimum Gasteiger partial charge on any atom is -0.394 e. The summed E-state index contributed by atoms with van der Waals surface area (Å²) in [5.74, 6) is -0.782. The molecule has 10 heteroatoms. The van der Waals surface area contributed by atoms with Gasteiger partial charge in [-0.15, -0.1) is 0 Å². The number of morpholine rings is 1. The second kappa shape index (κ2) is 8.13. The van der Waals surface area contributed by atoms with Gasteiger partial charge < -0.3 is 20.1 Å². The first-order valence-electron chi connectivity index (χ1n) is 7.73. The van der Waals surface area contributed by atoms with Crippen molar-refractivity contribution in [2.45, 2.75) is 6.04 Å². The summed E-state index contributed by atoms with van der Waals surface area (Å²) in [7, 11) is 0. The van der Waals surface area contributed by atoms with Gasteiger partial charge in [-0.2, -0.15) is 4.98 Å². The molecule has 2 aromatic rings. The van der Waals surface area contributed by atoms with Crippen molar-refractivity contribution in [2.24, 2.45) is 0 Å². The van der Waals surface area contributed by atoms with Gasteiger partial charge in [0, 0.05) is 12.1 Å². The molecule has 26 heavy (non-hydrogen) atoms. The third kappa shape index (κ3) is 3.88. The number of anilines is 2. The lowest BCUT2D eigenvalue weighted by molar-refractivity contribution is -0.125. The Balaban J connectivity index is 1.92. The van der Waals surface area contributed by atoms with Crippen molar-refractivity contribution in [1.29, 1.82) is 0 Å². The van der Waals surface area contributed by atoms with Crippen LogP contribution in [0.2, 0.25) is 10.3 Å². The number of nitrogens with one attached hydrogen (secondary N) is 1. The van der Waals surface area contributed by atoms with Crippen LogP contribution in [-0.4, -0.2) is 47.3 Å². The molecule has 138 valence electrons. The van der Waals surface area contributed by atoms with Gasteiger partial charge in [0.05, 0.1) is 31.1 Å². The molecule has 1 aromatic heterocycles. The number of halogens is 3. The molecule has 1 atom stereocenters. The summed E-state index contributed by atoms with van der Waals surface area (Å²) in [6.07, 6.45) is 1.30. The predicted octanol–water partition coefficient (Wildman–Crippen LogP) is 2.43. The second-order valence-electron chi connectivity index (χ2n) is 5.49. The Morgan fingerprint density at radius 1 is 1.42 bits per heavy atom. The Labute approximate surface area is 158 Å². The highest BCUT2D eigenvalue weighted by Crippen LogP contribution is 2.30. The average molecular weight is 401 g/mol. The minimum absolute atomic E-state index is 0.0401. The van der Waals surface area contributed by atoms with Gasteiger partial charge in [0.25, 0.3) is 5.91 Å². The van der Waals surface area contributed by atoms with E-state index < -0.39 is 18.5 Å². The van der Waals surface area contributed by atoms with Gasteiger partial charge >= 0.3 is 0 Å². The van der Waals surface area contributed by atoms with Crippen LogP contribution in [0.15, 0.2) is 24.4 Å². The summed E-state index contributed by atoms with van der Waals surface area (Å²) in [5, 5.41) is 12.7. The molecule has 1 fully saturated rings. The van der Waals surface area contributed by atoms with E-state index in [9.17, 15) is 9.90 Å². The highest BCUT2D eigenvalue weighted by atomic mass is 35.5. The van der Waals surface area contributed by atoms with Crippen molar-refractivity contribution in [3.8, 4) is 0 Å². The molecule has 3 rings (SSSR count). The molecule has 1 saturated heterocycles. The first-order chi connectivity index (χ1) is 12.5. The first-order valence-corrected chi connectivity index (χ1v) is 8.48. The number of hydrogen-bond acceptors (Lipinski definition) is 6. The number of nitrogens with zero attached hydrogens (tertiary/aromatic N) is 3. The number of amides is 1. The van der Waals surface area contributed by atoms with Crippen LogP contribution in [0.5, 0.6) is 0 Å². The van der Waals surface area contributed by atoms with Crippen molar-refractivity contribution >= 4 is 40.6 Å². The molecule has 0 aliphatic carbocycles. The lowest BCUT2D eigenvalue weighted by Crippen LogP contribution is -2.42. The number of carbonyl (C=O) groups is 1. The van der Waals surface area contributed by atoms with E-state index in [-0.39, 0.29) is 46.4 Å². The van der Waals surface area contributed by atoms with Crippen LogP contribution < -0.4 is 10.2 Å². The van der Waals surface area contributed by atoms with E-state index in [4.69, 9.17) is 27.9 Å². The maximum Gasteiger partial charge on any atom is 0.253 e. The van der Waals surface area contributed by atoms with E-state index in [1.54, 1.807) is 6.07 Å². The van der Waals surface area contributed by atoms with E-state index in [0.717, 1.165) is 0 Å². The molecular formula is C16H15Cl2FN4O3. The van der Waals surface area contributed by atoms with E-state index >= 15 is 4.39 Å². The number of aliphatic hydroxyl groups excluding tert-OH is 1. The Bertz CT molecular complexity index is 824. The second-order valence-corrected chi connectivity index (χ2v) is 6.24. The summed E-state index contributed by atoms with van der Waals surface area (Å²) < 4.78 is 20.1. The number of ether oxygens (including phenoxy) is 1. The largest absolute Gasteiger partial charge is 0.394 e. The number of aromatic nitrogens is 2. The Kier molecular flexibility index (Phi) is 5.87. The highest BCUT2D eigenvalue weighted by Gasteiger charge is 2.26. The molecule has 0 radical (unpaired) electrons. The summed E-state index contributed by atoms with van der Waals surface area (Å²) >= 11 is 11.8. The monoisotopic (exact) mass is 400 g/mol. The van der Waals surface area contributed by atoms with Crippen LogP contribution in [0.25, 0.3) is 0 Å². The third-order valence-electron chi connectivity index (χ3n) is 3.87. The topological polar surface area (TPSA) is 87.6 Å². The van der Waals surface area contributed by atoms with Gasteiger partial charge in [-0.25, -0.2) is 9.37 Å². The van der Waals surface area contributed by atoms with Gasteiger partial charge in [-0.05, 0) is 17.7 Å². The van der Waals surface area contributed by atoms with Gasteiger partial charge in [0.1, 0.15) is 17.4 Å². The maximum atomic E-state index is 15.1. The minimum atomic E-state index is -0.852. The number of carbonyl (C=O) groups excluding carboxylic acids is 1. The van der Waals surface area contributed by atoms with Crippen LogP contribution >= 0.6 is 23.2 Å². The zero-order chi connectivity index (χ0) is 18.7. The zero-order valence-corrected chi connectivity index (χ0v) is 15.0. The average Bonchev–Trinajstić information content (AvgIpc) is 2.64. The Morgan fingerprint density at radius 2 is 2.23 bits per heavy atom. The standard InChI is InChI=1S/C16H15Cl2FN4O3/c17-10-6-20-16(18)22-15(10)21-11(7-24)9-2-1-3-12(14(9)19)23-4-5-26-8-13(23)25/h1-3,6,11,24H,4-5,7-8H2,(H,20,21,22)/t11-/m1/s1. The molecule has 0 spiro atoms. The number of rotatable bonds is 5. The first kappa shape index (κ1) is 18.8. The summed E-state index contributed by atoms with van der Waals surface area (Å²) in [6, 6.07) is 3.77. The predicted molar refractivity (Wildman–Crippen MR) is 95.1 cm³/mol. The van der Waals surface area contributed by atoms with Crippen molar-refractivity contribution in [3.05, 3.63) is 46.1 Å². The molecule has 0 saturated carbocycles. The smallest absolute Gasteiger partial charge is 0.253 e. The van der Waals surface area contributed by atoms with Gasteiger partial charge in [-0.3, -0.25) is 4.79 Å². The SMILES string of the molecule is O=C1COCCN1c1cccc([C@@H](CO)Nc2nc(Cl)ncc2Cl)c1F. The van der Waals surface area contributed by atoms with Crippen molar-refractivity contribution in [3.63, 3.8) is 0 Å². The van der Waals surface area contributed by atoms with Crippen molar-refractivity contribution in [2.75, 3.05) is 36.6 Å². The molecule has 1 aromatic carbocycles. The lowest BCUT2D eigenvalue weighted by atomic mass is 10.0. The van der Waals surface area contributed by atoms with E-state index in [0.29, 0.717) is 6.61 Å². The fourth-order valence-electron chi connectivity index (χ4n) is 2.62. The maximum absolute atomic E-state index is 15.1. The van der Waals surface area contributed by atoms with Crippen LogP contribution in [-0.2, 0) is 9.53 Å². The fraction of sp³-hybridized carbons (Fsp3) is 0.312. The van der Waals surface area contributed by atoms with Gasteiger partial charge in [-0.1, -0.05) is 23.7 Å². The summed E-state index contributed by atoms with van der Waals surface area (Å²) in [4.78, 5) is 21.0. The molecule has 1 aliphatic heterocycles. The molecule has 2 heterocycles. The van der Waals surface area contributed by atoms with Crippen LogP contribution in [0.1, 0.15) is 11.6 Å². The van der Waals surface area contributed by atoms with Crippen molar-refractivity contribution in [1.82, 2.24) is 9.97 Å². The quantitative estimate of drug-likeness (QED) is 0.749. The summed E-state index contributed by atoms with van der Waals surface area (Å²) in [6.45, 7) is 0.0473. The summed E-state index contributed by atoms with van der Waals surface area (Å²) in [5.41, 5.74) is 0.290. The van der Waals surface area contributed by atoms with Crippen LogP contribution in [0, 0.1) is 5.82 Å². The molecule has 0 bridgehead atoms. The van der Waals surface area contributed by atoms with Crippen LogP contribution in [0.3, 0.4) is 0 Å². The third-order valence-corrected chi connectivity index (χ3v) is 4.33. The van der Waals surface area contributed by atoms with Crippen LogP contribution in [0.4, 0.5) is 15.9 Å². The molecule has 2 N–H and O–H groups in total. The normalized spacial score (nSPS) is 15.8. The Morgan fingerprint density at radius 3 is 2.96 bits per heavy atom. The van der Waals surface area contributed by atoms with Crippen molar-refractivity contribution < 1.29 is 19.0 Å². The molecule has 7 nitrogen and oxygen atoms in total. The van der Waals surface area contributed by atoms with Gasteiger partial charge in [0.15, 0.2) is 5.82 Å². The highest BCUT2D eigenvalue weighted by molar-refractivity contribution is 6.33. The molecule has 1 amide bonds. The number of hydrogen-bond donors (Lipinski definition) is 2.